The number of ether oxygens (including phenoxy) is 2. The number of anilines is 4. The highest BCUT2D eigenvalue weighted by atomic mass is 16.6. The second-order valence-electron chi connectivity index (χ2n) is 8.45. The lowest BCUT2D eigenvalue weighted by Crippen LogP contribution is -2.21. The van der Waals surface area contributed by atoms with Crippen LogP contribution >= 0.6 is 0 Å². The first-order valence-corrected chi connectivity index (χ1v) is 12.1. The Hall–Kier alpha value is -4.66. The first-order valence-electron chi connectivity index (χ1n) is 12.1. The van der Waals surface area contributed by atoms with Gasteiger partial charge in [-0.15, -0.1) is 0 Å². The number of fused-ring (bicyclic) bond motifs is 2. The molecule has 0 atom stereocenters. The maximum Gasteiger partial charge on any atom is 0.269 e. The number of nitrogens with one attached hydrogen (secondary N) is 1. The van der Waals surface area contributed by atoms with Gasteiger partial charge in [-0.25, -0.2) is 0 Å². The van der Waals surface area contributed by atoms with Crippen LogP contribution in [-0.2, 0) is 0 Å². The van der Waals surface area contributed by atoms with Crippen molar-refractivity contribution in [3.05, 3.63) is 82.9 Å². The van der Waals surface area contributed by atoms with Crippen molar-refractivity contribution < 1.29 is 14.4 Å². The molecule has 5 N–H and O–H groups in total. The highest BCUT2D eigenvalue weighted by Crippen LogP contribution is 2.40. The Bertz CT molecular complexity index is 1390. The monoisotopic (exact) mass is 501 g/mol. The van der Waals surface area contributed by atoms with Gasteiger partial charge in [-0.05, 0) is 55.6 Å². The number of hydrogen-bond acceptors (Lipinski definition) is 8. The van der Waals surface area contributed by atoms with Gasteiger partial charge in [0, 0.05) is 60.7 Å². The highest BCUT2D eigenvalue weighted by molar-refractivity contribution is 5.91. The Balaban J connectivity index is 0.000000270. The van der Waals surface area contributed by atoms with Crippen LogP contribution in [0.1, 0.15) is 13.8 Å². The molecule has 0 aromatic heterocycles. The SMILES string of the molecule is CCN(CC)c1ccc2c(Oc3cc4c(cc3N)OCCN4)cccc2c1.Nc1ccc([N+](=O)[O-])cc1. The van der Waals surface area contributed by atoms with E-state index in [0.717, 1.165) is 47.6 Å². The molecule has 1 heterocycles. The van der Waals surface area contributed by atoms with Crippen molar-refractivity contribution in [1.82, 2.24) is 0 Å². The van der Waals surface area contributed by atoms with E-state index in [2.05, 4.69) is 48.3 Å². The molecule has 4 aromatic rings. The van der Waals surface area contributed by atoms with Crippen LogP contribution < -0.4 is 31.2 Å². The normalized spacial score (nSPS) is 11.8. The summed E-state index contributed by atoms with van der Waals surface area (Å²) in [7, 11) is 0. The maximum absolute atomic E-state index is 10.1. The van der Waals surface area contributed by atoms with Crippen LogP contribution in [0.4, 0.5) is 28.4 Å². The lowest BCUT2D eigenvalue weighted by atomic mass is 10.1. The largest absolute Gasteiger partial charge is 0.490 e. The van der Waals surface area contributed by atoms with Gasteiger partial charge in [0.1, 0.15) is 18.1 Å². The third kappa shape index (κ3) is 5.95. The summed E-state index contributed by atoms with van der Waals surface area (Å²) in [6.07, 6.45) is 0. The van der Waals surface area contributed by atoms with Gasteiger partial charge in [0.25, 0.3) is 5.69 Å². The summed E-state index contributed by atoms with van der Waals surface area (Å²) in [4.78, 5) is 12.0. The van der Waals surface area contributed by atoms with Crippen LogP contribution in [-0.4, -0.2) is 31.2 Å². The Morgan fingerprint density at radius 1 is 1.00 bits per heavy atom. The molecule has 0 radical (unpaired) electrons. The van der Waals surface area contributed by atoms with Crippen LogP contribution in [0.2, 0.25) is 0 Å². The summed E-state index contributed by atoms with van der Waals surface area (Å²) in [5.41, 5.74) is 14.8. The van der Waals surface area contributed by atoms with Gasteiger partial charge in [0.05, 0.1) is 16.3 Å². The number of nitro benzene ring substituents is 1. The highest BCUT2D eigenvalue weighted by Gasteiger charge is 2.15. The number of hydrogen-bond donors (Lipinski definition) is 3. The molecule has 0 saturated heterocycles. The van der Waals surface area contributed by atoms with Gasteiger partial charge in [-0.1, -0.05) is 12.1 Å². The van der Waals surface area contributed by atoms with Crippen LogP contribution in [0.15, 0.2) is 72.8 Å². The summed E-state index contributed by atoms with van der Waals surface area (Å²) in [5, 5.41) is 15.6. The molecular weight excluding hydrogens is 470 g/mol. The smallest absolute Gasteiger partial charge is 0.269 e. The van der Waals surface area contributed by atoms with Gasteiger partial charge in [-0.2, -0.15) is 0 Å². The van der Waals surface area contributed by atoms with E-state index in [4.69, 9.17) is 20.9 Å². The summed E-state index contributed by atoms with van der Waals surface area (Å²) in [6.45, 7) is 7.73. The van der Waals surface area contributed by atoms with Crippen LogP contribution in [0.3, 0.4) is 0 Å². The van der Waals surface area contributed by atoms with E-state index in [-0.39, 0.29) is 5.69 Å². The van der Waals surface area contributed by atoms with Gasteiger partial charge in [-0.3, -0.25) is 10.1 Å². The minimum Gasteiger partial charge on any atom is -0.490 e. The van der Waals surface area contributed by atoms with E-state index in [1.807, 2.05) is 24.3 Å². The molecule has 4 aromatic carbocycles. The molecule has 0 unspecified atom stereocenters. The molecule has 37 heavy (non-hydrogen) atoms. The predicted octanol–water partition coefficient (Wildman–Crippen LogP) is 6.04. The number of non-ortho nitro benzene ring substituents is 1. The number of nitrogen functional groups attached to an aromatic ring is 2. The number of nitrogens with two attached hydrogens (primary N) is 2. The van der Waals surface area contributed by atoms with Crippen molar-refractivity contribution in [2.24, 2.45) is 0 Å². The van der Waals surface area contributed by atoms with E-state index in [0.29, 0.717) is 23.7 Å². The maximum atomic E-state index is 10.1. The second kappa shape index (κ2) is 11.4. The van der Waals surface area contributed by atoms with Gasteiger partial charge < -0.3 is 31.2 Å². The quantitative estimate of drug-likeness (QED) is 0.166. The Morgan fingerprint density at radius 3 is 2.46 bits per heavy atom. The van der Waals surface area contributed by atoms with E-state index in [1.54, 1.807) is 0 Å². The zero-order chi connectivity index (χ0) is 26.4. The third-order valence-corrected chi connectivity index (χ3v) is 6.06. The lowest BCUT2D eigenvalue weighted by molar-refractivity contribution is -0.384. The molecule has 0 bridgehead atoms. The van der Waals surface area contributed by atoms with Gasteiger partial charge in [0.15, 0.2) is 5.75 Å². The number of benzene rings is 4. The fourth-order valence-electron chi connectivity index (χ4n) is 4.10. The van der Waals surface area contributed by atoms with Crippen LogP contribution in [0, 0.1) is 10.1 Å². The Morgan fingerprint density at radius 2 is 1.76 bits per heavy atom. The van der Waals surface area contributed by atoms with Crippen LogP contribution in [0.5, 0.6) is 17.2 Å². The third-order valence-electron chi connectivity index (χ3n) is 6.06. The van der Waals surface area contributed by atoms with E-state index in [9.17, 15) is 10.1 Å². The van der Waals surface area contributed by atoms with E-state index in [1.165, 1.54) is 30.0 Å². The predicted molar refractivity (Wildman–Crippen MR) is 150 cm³/mol. The summed E-state index contributed by atoms with van der Waals surface area (Å²) in [5.74, 6) is 2.20. The molecule has 0 aliphatic carbocycles. The standard InChI is InChI=1S/C22H25N3O2.C6H6N2O2/c1-3-25(4-2)16-8-9-17-15(12-16)6-5-7-20(17)27-21-14-19-22(13-18(21)23)26-11-10-24-19;7-5-1-3-6(4-2-5)8(9)10/h5-9,12-14,24H,3-4,10-11,23H2,1-2H3;1-4H,7H2. The van der Waals surface area contributed by atoms with Crippen LogP contribution in [0.25, 0.3) is 10.8 Å². The average molecular weight is 502 g/mol. The van der Waals surface area contributed by atoms with Crippen molar-refractivity contribution in [3.63, 3.8) is 0 Å². The molecule has 192 valence electrons. The van der Waals surface area contributed by atoms with Crippen molar-refractivity contribution >= 4 is 39.2 Å². The molecular formula is C28H31N5O4. The molecule has 9 nitrogen and oxygen atoms in total. The molecule has 9 heteroatoms. The first kappa shape index (κ1) is 25.4. The fourth-order valence-corrected chi connectivity index (χ4v) is 4.10. The molecule has 0 spiro atoms. The van der Waals surface area contributed by atoms with Crippen molar-refractivity contribution in [3.8, 4) is 17.2 Å². The van der Waals surface area contributed by atoms with Crippen molar-refractivity contribution in [2.45, 2.75) is 13.8 Å². The summed E-state index contributed by atoms with van der Waals surface area (Å²) < 4.78 is 11.8. The molecule has 0 fully saturated rings. The zero-order valence-corrected chi connectivity index (χ0v) is 20.9. The summed E-state index contributed by atoms with van der Waals surface area (Å²) >= 11 is 0. The zero-order valence-electron chi connectivity index (χ0n) is 20.9. The Kier molecular flexibility index (Phi) is 7.83. The number of rotatable bonds is 6. The van der Waals surface area contributed by atoms with E-state index >= 15 is 0 Å². The van der Waals surface area contributed by atoms with Crippen molar-refractivity contribution in [2.75, 3.05) is 47.9 Å². The molecule has 1 aliphatic rings. The molecule has 1 aliphatic heterocycles. The lowest BCUT2D eigenvalue weighted by Gasteiger charge is -2.22. The average Bonchev–Trinajstić information content (AvgIpc) is 2.90. The number of nitrogens with zero attached hydrogens (tertiary/aromatic N) is 2. The minimum atomic E-state index is -0.459. The summed E-state index contributed by atoms with van der Waals surface area (Å²) in [6, 6.07) is 22.0. The van der Waals surface area contributed by atoms with Crippen molar-refractivity contribution in [1.29, 1.82) is 0 Å². The molecule has 0 saturated carbocycles. The Labute approximate surface area is 215 Å². The topological polar surface area (TPSA) is 129 Å². The first-order chi connectivity index (χ1) is 17.9. The minimum absolute atomic E-state index is 0.0641. The molecule has 0 amide bonds. The second-order valence-corrected chi connectivity index (χ2v) is 8.45. The number of nitro groups is 1. The van der Waals surface area contributed by atoms with E-state index < -0.39 is 4.92 Å². The van der Waals surface area contributed by atoms with Gasteiger partial charge >= 0.3 is 0 Å². The van der Waals surface area contributed by atoms with Gasteiger partial charge in [0.2, 0.25) is 0 Å². The molecule has 5 rings (SSSR count). The fraction of sp³-hybridized carbons (Fsp3) is 0.214.